The molecule has 0 aromatic heterocycles. The quantitative estimate of drug-likeness (QED) is 0.756. The standard InChI is InChI=1S/C16H27NO4/c18-14(17-8-4-13-5-9-21-12-13)10-16(11-15(19)20)6-2-1-3-7-16/h13H,1-12H2,(H,17,18)(H,19,20). The predicted octanol–water partition coefficient (Wildman–Crippen LogP) is 2.34. The van der Waals surface area contributed by atoms with Crippen molar-refractivity contribution in [2.45, 2.75) is 57.8 Å². The molecule has 0 bridgehead atoms. The number of hydrogen-bond acceptors (Lipinski definition) is 3. The Morgan fingerprint density at radius 3 is 2.57 bits per heavy atom. The molecule has 2 aliphatic rings. The van der Waals surface area contributed by atoms with E-state index in [1.54, 1.807) is 0 Å². The summed E-state index contributed by atoms with van der Waals surface area (Å²) in [6, 6.07) is 0. The molecule has 2 fully saturated rings. The summed E-state index contributed by atoms with van der Waals surface area (Å²) in [4.78, 5) is 23.2. The topological polar surface area (TPSA) is 75.6 Å². The number of aliphatic carboxylic acids is 1. The van der Waals surface area contributed by atoms with Crippen molar-refractivity contribution in [3.05, 3.63) is 0 Å². The first kappa shape index (κ1) is 16.3. The van der Waals surface area contributed by atoms with E-state index < -0.39 is 5.97 Å². The van der Waals surface area contributed by atoms with Crippen LogP contribution in [-0.4, -0.2) is 36.7 Å². The Labute approximate surface area is 126 Å². The van der Waals surface area contributed by atoms with E-state index in [-0.39, 0.29) is 17.7 Å². The maximum Gasteiger partial charge on any atom is 0.303 e. The van der Waals surface area contributed by atoms with Crippen LogP contribution in [-0.2, 0) is 14.3 Å². The number of hydrogen-bond donors (Lipinski definition) is 2. The third-order valence-electron chi connectivity index (χ3n) is 4.87. The second-order valence-electron chi connectivity index (χ2n) is 6.68. The minimum absolute atomic E-state index is 0.0112. The van der Waals surface area contributed by atoms with Crippen molar-refractivity contribution in [3.8, 4) is 0 Å². The Morgan fingerprint density at radius 1 is 1.19 bits per heavy atom. The molecule has 1 aliphatic carbocycles. The van der Waals surface area contributed by atoms with Gasteiger partial charge in [0.2, 0.25) is 5.91 Å². The Balaban J connectivity index is 1.75. The largest absolute Gasteiger partial charge is 0.481 e. The molecule has 120 valence electrons. The zero-order valence-corrected chi connectivity index (χ0v) is 12.7. The van der Waals surface area contributed by atoms with E-state index in [0.717, 1.165) is 58.2 Å². The summed E-state index contributed by atoms with van der Waals surface area (Å²) < 4.78 is 5.32. The number of carboxylic acids is 1. The number of amides is 1. The van der Waals surface area contributed by atoms with Crippen molar-refractivity contribution in [1.29, 1.82) is 0 Å². The van der Waals surface area contributed by atoms with Crippen LogP contribution in [0, 0.1) is 11.3 Å². The molecule has 1 amide bonds. The van der Waals surface area contributed by atoms with Crippen LogP contribution in [0.15, 0.2) is 0 Å². The lowest BCUT2D eigenvalue weighted by atomic mass is 9.69. The molecule has 1 atom stereocenters. The summed E-state index contributed by atoms with van der Waals surface area (Å²) in [5, 5.41) is 12.1. The van der Waals surface area contributed by atoms with E-state index >= 15 is 0 Å². The Hall–Kier alpha value is -1.10. The van der Waals surface area contributed by atoms with Crippen molar-refractivity contribution >= 4 is 11.9 Å². The fourth-order valence-corrected chi connectivity index (χ4v) is 3.67. The third-order valence-corrected chi connectivity index (χ3v) is 4.87. The Morgan fingerprint density at radius 2 is 1.95 bits per heavy atom. The number of carbonyl (C=O) groups is 2. The summed E-state index contributed by atoms with van der Waals surface area (Å²) in [7, 11) is 0. The predicted molar refractivity (Wildman–Crippen MR) is 78.9 cm³/mol. The lowest BCUT2D eigenvalue weighted by Crippen LogP contribution is -2.35. The highest BCUT2D eigenvalue weighted by molar-refractivity contribution is 5.78. The molecule has 2 N–H and O–H groups in total. The van der Waals surface area contributed by atoms with Crippen LogP contribution in [0.5, 0.6) is 0 Å². The van der Waals surface area contributed by atoms with Gasteiger partial charge in [0.1, 0.15) is 0 Å². The molecule has 1 unspecified atom stereocenters. The fraction of sp³-hybridized carbons (Fsp3) is 0.875. The van der Waals surface area contributed by atoms with E-state index in [0.29, 0.717) is 18.9 Å². The van der Waals surface area contributed by atoms with Gasteiger partial charge in [-0.15, -0.1) is 0 Å². The van der Waals surface area contributed by atoms with Crippen LogP contribution in [0.3, 0.4) is 0 Å². The molecule has 1 saturated carbocycles. The lowest BCUT2D eigenvalue weighted by Gasteiger charge is -2.35. The summed E-state index contributed by atoms with van der Waals surface area (Å²) in [5.74, 6) is -0.210. The second-order valence-corrected chi connectivity index (χ2v) is 6.68. The monoisotopic (exact) mass is 297 g/mol. The Bertz CT molecular complexity index is 357. The zero-order chi connectivity index (χ0) is 15.1. The molecule has 5 heteroatoms. The van der Waals surface area contributed by atoms with Gasteiger partial charge in [-0.1, -0.05) is 19.3 Å². The second kappa shape index (κ2) is 7.78. The SMILES string of the molecule is O=C(O)CC1(CC(=O)NCCC2CCOC2)CCCCC1. The van der Waals surface area contributed by atoms with Crippen LogP contribution in [0.1, 0.15) is 57.8 Å². The first-order valence-electron chi connectivity index (χ1n) is 8.16. The smallest absolute Gasteiger partial charge is 0.303 e. The maximum atomic E-state index is 12.1. The molecule has 0 aromatic carbocycles. The molecule has 0 spiro atoms. The van der Waals surface area contributed by atoms with E-state index in [1.165, 1.54) is 0 Å². The van der Waals surface area contributed by atoms with E-state index in [9.17, 15) is 9.59 Å². The van der Waals surface area contributed by atoms with Crippen molar-refractivity contribution < 1.29 is 19.4 Å². The minimum atomic E-state index is -0.784. The number of carbonyl (C=O) groups excluding carboxylic acids is 1. The van der Waals surface area contributed by atoms with Crippen LogP contribution in [0.4, 0.5) is 0 Å². The molecule has 1 aliphatic heterocycles. The van der Waals surface area contributed by atoms with Crippen molar-refractivity contribution in [2.75, 3.05) is 19.8 Å². The van der Waals surface area contributed by atoms with Gasteiger partial charge in [-0.05, 0) is 37.0 Å². The minimum Gasteiger partial charge on any atom is -0.481 e. The van der Waals surface area contributed by atoms with Crippen molar-refractivity contribution in [1.82, 2.24) is 5.32 Å². The molecule has 1 saturated heterocycles. The number of ether oxygens (including phenoxy) is 1. The lowest BCUT2D eigenvalue weighted by molar-refractivity contribution is -0.141. The zero-order valence-electron chi connectivity index (χ0n) is 12.7. The molecule has 21 heavy (non-hydrogen) atoms. The molecule has 5 nitrogen and oxygen atoms in total. The highest BCUT2D eigenvalue weighted by atomic mass is 16.5. The van der Waals surface area contributed by atoms with Gasteiger partial charge in [-0.25, -0.2) is 0 Å². The van der Waals surface area contributed by atoms with Crippen LogP contribution < -0.4 is 5.32 Å². The number of nitrogens with one attached hydrogen (secondary N) is 1. The van der Waals surface area contributed by atoms with Gasteiger partial charge in [0, 0.05) is 26.2 Å². The van der Waals surface area contributed by atoms with Crippen LogP contribution in [0.2, 0.25) is 0 Å². The normalized spacial score (nSPS) is 24.7. The van der Waals surface area contributed by atoms with Gasteiger partial charge in [0.05, 0.1) is 6.42 Å². The first-order chi connectivity index (χ1) is 10.1. The molecule has 1 heterocycles. The number of rotatable bonds is 7. The summed E-state index contributed by atoms with van der Waals surface area (Å²) in [6.07, 6.45) is 7.49. The van der Waals surface area contributed by atoms with Crippen LogP contribution in [0.25, 0.3) is 0 Å². The van der Waals surface area contributed by atoms with Crippen molar-refractivity contribution in [3.63, 3.8) is 0 Å². The molecular weight excluding hydrogens is 270 g/mol. The van der Waals surface area contributed by atoms with Gasteiger partial charge in [0.15, 0.2) is 0 Å². The average molecular weight is 297 g/mol. The van der Waals surface area contributed by atoms with Gasteiger partial charge >= 0.3 is 5.97 Å². The maximum absolute atomic E-state index is 12.1. The van der Waals surface area contributed by atoms with E-state index in [2.05, 4.69) is 5.32 Å². The summed E-state index contributed by atoms with van der Waals surface area (Å²) in [6.45, 7) is 2.31. The van der Waals surface area contributed by atoms with Crippen LogP contribution >= 0.6 is 0 Å². The highest BCUT2D eigenvalue weighted by Crippen LogP contribution is 2.42. The van der Waals surface area contributed by atoms with Gasteiger partial charge in [-0.2, -0.15) is 0 Å². The third kappa shape index (κ3) is 5.30. The van der Waals surface area contributed by atoms with Gasteiger partial charge < -0.3 is 15.2 Å². The molecular formula is C16H27NO4. The first-order valence-corrected chi connectivity index (χ1v) is 8.16. The highest BCUT2D eigenvalue weighted by Gasteiger charge is 2.36. The van der Waals surface area contributed by atoms with E-state index in [1.807, 2.05) is 0 Å². The summed E-state index contributed by atoms with van der Waals surface area (Å²) >= 11 is 0. The average Bonchev–Trinajstić information content (AvgIpc) is 2.91. The van der Waals surface area contributed by atoms with Gasteiger partial charge in [0.25, 0.3) is 0 Å². The van der Waals surface area contributed by atoms with Crippen molar-refractivity contribution in [2.24, 2.45) is 11.3 Å². The number of carboxylic acid groups (broad SMARTS) is 1. The molecule has 2 rings (SSSR count). The molecule has 0 aromatic rings. The Kier molecular flexibility index (Phi) is 6.03. The fourth-order valence-electron chi connectivity index (χ4n) is 3.67. The summed E-state index contributed by atoms with van der Waals surface area (Å²) in [5.41, 5.74) is -0.315. The molecule has 0 radical (unpaired) electrons. The van der Waals surface area contributed by atoms with Gasteiger partial charge in [-0.3, -0.25) is 9.59 Å². The van der Waals surface area contributed by atoms with E-state index in [4.69, 9.17) is 9.84 Å².